The normalized spacial score (nSPS) is 15.7. The first-order valence-electron chi connectivity index (χ1n) is 8.21. The molecule has 7 nitrogen and oxygen atoms in total. The number of benzene rings is 2. The summed E-state index contributed by atoms with van der Waals surface area (Å²) in [4.78, 5) is 14.2. The number of piperidine rings is 1. The standard InChI is InChI=1S/C18H20N2O5S/c19-26(23,24)17-6-4-13(5-7-17)18(22)20-10-8-15(9-11-20)25-16-3-1-2-14(21)12-16/h1-7,12,15,21H,8-11H2,(H2,19,23,24). The number of hydrogen-bond acceptors (Lipinski definition) is 5. The van der Waals surface area contributed by atoms with E-state index < -0.39 is 10.0 Å². The van der Waals surface area contributed by atoms with Crippen molar-refractivity contribution in [3.8, 4) is 11.5 Å². The fraction of sp³-hybridized carbons (Fsp3) is 0.278. The van der Waals surface area contributed by atoms with Gasteiger partial charge in [0.25, 0.3) is 5.91 Å². The molecule has 0 spiro atoms. The number of nitrogens with two attached hydrogens (primary N) is 1. The first-order chi connectivity index (χ1) is 12.3. The van der Waals surface area contributed by atoms with Gasteiger partial charge < -0.3 is 14.7 Å². The number of phenolic OH excluding ortho intramolecular Hbond substituents is 1. The van der Waals surface area contributed by atoms with Crippen molar-refractivity contribution in [2.45, 2.75) is 23.8 Å². The molecule has 1 fully saturated rings. The molecule has 2 aromatic carbocycles. The predicted octanol–water partition coefficient (Wildman–Crippen LogP) is 1.72. The summed E-state index contributed by atoms with van der Waals surface area (Å²) >= 11 is 0. The van der Waals surface area contributed by atoms with Crippen LogP contribution in [0.4, 0.5) is 0 Å². The summed E-state index contributed by atoms with van der Waals surface area (Å²) in [5.41, 5.74) is 0.421. The van der Waals surface area contributed by atoms with Gasteiger partial charge in [0, 0.05) is 37.6 Å². The lowest BCUT2D eigenvalue weighted by molar-refractivity contribution is 0.0595. The zero-order valence-electron chi connectivity index (χ0n) is 14.0. The molecule has 26 heavy (non-hydrogen) atoms. The van der Waals surface area contributed by atoms with E-state index >= 15 is 0 Å². The van der Waals surface area contributed by atoms with Crippen molar-refractivity contribution in [1.29, 1.82) is 0 Å². The van der Waals surface area contributed by atoms with Crippen LogP contribution in [0.3, 0.4) is 0 Å². The van der Waals surface area contributed by atoms with Gasteiger partial charge in [-0.25, -0.2) is 13.6 Å². The average Bonchev–Trinajstić information content (AvgIpc) is 2.61. The molecule has 138 valence electrons. The van der Waals surface area contributed by atoms with Crippen LogP contribution in [0.15, 0.2) is 53.4 Å². The fourth-order valence-corrected chi connectivity index (χ4v) is 3.41. The SMILES string of the molecule is NS(=O)(=O)c1ccc(C(=O)N2CCC(Oc3cccc(O)c3)CC2)cc1. The van der Waals surface area contributed by atoms with E-state index in [-0.39, 0.29) is 22.7 Å². The topological polar surface area (TPSA) is 110 Å². The molecule has 0 saturated carbocycles. The van der Waals surface area contributed by atoms with E-state index in [0.29, 0.717) is 37.2 Å². The van der Waals surface area contributed by atoms with Crippen molar-refractivity contribution in [3.05, 3.63) is 54.1 Å². The number of amides is 1. The molecule has 1 saturated heterocycles. The Labute approximate surface area is 152 Å². The Morgan fingerprint density at radius 1 is 1.12 bits per heavy atom. The molecular formula is C18H20N2O5S. The molecule has 1 aliphatic heterocycles. The lowest BCUT2D eigenvalue weighted by atomic mass is 10.1. The van der Waals surface area contributed by atoms with Gasteiger partial charge in [0.1, 0.15) is 17.6 Å². The number of sulfonamides is 1. The molecular weight excluding hydrogens is 356 g/mol. The van der Waals surface area contributed by atoms with Crippen molar-refractivity contribution >= 4 is 15.9 Å². The Balaban J connectivity index is 1.58. The maximum absolute atomic E-state index is 12.5. The van der Waals surface area contributed by atoms with Gasteiger partial charge in [-0.15, -0.1) is 0 Å². The van der Waals surface area contributed by atoms with Gasteiger partial charge in [0.2, 0.25) is 10.0 Å². The van der Waals surface area contributed by atoms with Crippen molar-refractivity contribution in [3.63, 3.8) is 0 Å². The Morgan fingerprint density at radius 2 is 1.77 bits per heavy atom. The summed E-state index contributed by atoms with van der Waals surface area (Å²) in [5, 5.41) is 14.5. The van der Waals surface area contributed by atoms with Gasteiger partial charge in [-0.05, 0) is 36.4 Å². The fourth-order valence-electron chi connectivity index (χ4n) is 2.90. The maximum Gasteiger partial charge on any atom is 0.253 e. The Kier molecular flexibility index (Phi) is 5.15. The summed E-state index contributed by atoms with van der Waals surface area (Å²) in [6.07, 6.45) is 1.33. The maximum atomic E-state index is 12.5. The zero-order chi connectivity index (χ0) is 18.7. The van der Waals surface area contributed by atoms with Crippen LogP contribution in [-0.4, -0.2) is 43.5 Å². The molecule has 0 aliphatic carbocycles. The monoisotopic (exact) mass is 376 g/mol. The molecule has 1 amide bonds. The van der Waals surface area contributed by atoms with Gasteiger partial charge in [-0.1, -0.05) is 6.07 Å². The summed E-state index contributed by atoms with van der Waals surface area (Å²) in [6.45, 7) is 1.08. The Hall–Kier alpha value is -2.58. The largest absolute Gasteiger partial charge is 0.508 e. The van der Waals surface area contributed by atoms with Crippen LogP contribution < -0.4 is 9.88 Å². The quantitative estimate of drug-likeness (QED) is 0.844. The molecule has 0 bridgehead atoms. The number of likely N-dealkylation sites (tertiary alicyclic amines) is 1. The van der Waals surface area contributed by atoms with Gasteiger partial charge in [-0.3, -0.25) is 4.79 Å². The van der Waals surface area contributed by atoms with Gasteiger partial charge in [0.15, 0.2) is 0 Å². The zero-order valence-corrected chi connectivity index (χ0v) is 14.9. The highest BCUT2D eigenvalue weighted by atomic mass is 32.2. The number of carbonyl (C=O) groups is 1. The number of rotatable bonds is 4. The van der Waals surface area contributed by atoms with Crippen LogP contribution in [0, 0.1) is 0 Å². The highest BCUT2D eigenvalue weighted by Crippen LogP contribution is 2.23. The third-order valence-corrected chi connectivity index (χ3v) is 5.21. The van der Waals surface area contributed by atoms with Crippen LogP contribution in [0.1, 0.15) is 23.2 Å². The summed E-state index contributed by atoms with van der Waals surface area (Å²) in [6, 6.07) is 12.2. The molecule has 3 N–H and O–H groups in total. The smallest absolute Gasteiger partial charge is 0.253 e. The second-order valence-electron chi connectivity index (χ2n) is 6.18. The van der Waals surface area contributed by atoms with E-state index in [9.17, 15) is 18.3 Å². The van der Waals surface area contributed by atoms with Crippen LogP contribution in [0.5, 0.6) is 11.5 Å². The van der Waals surface area contributed by atoms with Gasteiger partial charge in [0.05, 0.1) is 4.90 Å². The average molecular weight is 376 g/mol. The number of phenols is 1. The van der Waals surface area contributed by atoms with Crippen LogP contribution >= 0.6 is 0 Å². The highest BCUT2D eigenvalue weighted by molar-refractivity contribution is 7.89. The van der Waals surface area contributed by atoms with Crippen LogP contribution in [-0.2, 0) is 10.0 Å². The molecule has 2 aromatic rings. The van der Waals surface area contributed by atoms with Crippen molar-refractivity contribution in [1.82, 2.24) is 4.90 Å². The summed E-state index contributed by atoms with van der Waals surface area (Å²) < 4.78 is 28.4. The first-order valence-corrected chi connectivity index (χ1v) is 9.75. The molecule has 0 unspecified atom stereocenters. The number of primary sulfonamides is 1. The van der Waals surface area contributed by atoms with E-state index in [2.05, 4.69) is 0 Å². The first kappa shape index (κ1) is 18.2. The van der Waals surface area contributed by atoms with Crippen molar-refractivity contribution < 1.29 is 23.1 Å². The third kappa shape index (κ3) is 4.33. The number of ether oxygens (including phenoxy) is 1. The summed E-state index contributed by atoms with van der Waals surface area (Å²) in [7, 11) is -3.77. The highest BCUT2D eigenvalue weighted by Gasteiger charge is 2.25. The number of carbonyl (C=O) groups excluding carboxylic acids is 1. The van der Waals surface area contributed by atoms with Crippen molar-refractivity contribution in [2.24, 2.45) is 5.14 Å². The van der Waals surface area contributed by atoms with E-state index in [4.69, 9.17) is 9.88 Å². The predicted molar refractivity (Wildman–Crippen MR) is 95.5 cm³/mol. The minimum atomic E-state index is -3.77. The molecule has 0 atom stereocenters. The number of aromatic hydroxyl groups is 1. The molecule has 1 aliphatic rings. The van der Waals surface area contributed by atoms with Crippen LogP contribution in [0.2, 0.25) is 0 Å². The molecule has 0 radical (unpaired) electrons. The van der Waals surface area contributed by atoms with E-state index in [1.165, 1.54) is 24.3 Å². The van der Waals surface area contributed by atoms with Crippen LogP contribution in [0.25, 0.3) is 0 Å². The lowest BCUT2D eigenvalue weighted by Gasteiger charge is -2.32. The van der Waals surface area contributed by atoms with Crippen molar-refractivity contribution in [2.75, 3.05) is 13.1 Å². The third-order valence-electron chi connectivity index (χ3n) is 4.28. The second-order valence-corrected chi connectivity index (χ2v) is 7.74. The molecule has 1 heterocycles. The number of hydrogen-bond donors (Lipinski definition) is 2. The molecule has 3 rings (SSSR count). The number of nitrogens with zero attached hydrogens (tertiary/aromatic N) is 1. The van der Waals surface area contributed by atoms with Gasteiger partial charge in [-0.2, -0.15) is 0 Å². The van der Waals surface area contributed by atoms with E-state index in [1.807, 2.05) is 0 Å². The summed E-state index contributed by atoms with van der Waals surface area (Å²) in [5.74, 6) is 0.605. The lowest BCUT2D eigenvalue weighted by Crippen LogP contribution is -2.41. The minimum absolute atomic E-state index is 0.0210. The Morgan fingerprint density at radius 3 is 2.35 bits per heavy atom. The molecule has 8 heteroatoms. The van der Waals surface area contributed by atoms with E-state index in [0.717, 1.165) is 0 Å². The van der Waals surface area contributed by atoms with Gasteiger partial charge >= 0.3 is 0 Å². The second kappa shape index (κ2) is 7.35. The molecule has 0 aromatic heterocycles. The Bertz CT molecular complexity index is 888. The minimum Gasteiger partial charge on any atom is -0.508 e. The van der Waals surface area contributed by atoms with E-state index in [1.54, 1.807) is 29.2 Å².